The summed E-state index contributed by atoms with van der Waals surface area (Å²) in [5, 5.41) is 4.11. The molecule has 1 aliphatic heterocycles. The van der Waals surface area contributed by atoms with Crippen LogP contribution in [0.15, 0.2) is 74.7 Å². The number of benzene rings is 2. The van der Waals surface area contributed by atoms with Gasteiger partial charge in [0.2, 0.25) is 11.6 Å². The fraction of sp³-hybridized carbons (Fsp3) is 0.345. The number of alkyl halides is 6. The molecule has 0 bridgehead atoms. The minimum atomic E-state index is -4.91. The number of hydrogen-bond donors (Lipinski definition) is 0. The molecular formula is C29H26F7N5O3. The van der Waals surface area contributed by atoms with Crippen LogP contribution in [0, 0.1) is 5.82 Å². The van der Waals surface area contributed by atoms with E-state index in [0.717, 1.165) is 28.3 Å². The average Bonchev–Trinajstić information content (AvgIpc) is 3.45. The Morgan fingerprint density at radius 1 is 0.795 bits per heavy atom. The van der Waals surface area contributed by atoms with Crippen LogP contribution < -0.4 is 16.1 Å². The van der Waals surface area contributed by atoms with Crippen LogP contribution in [0.5, 0.6) is 0 Å². The summed E-state index contributed by atoms with van der Waals surface area (Å²) in [7, 11) is 0. The molecule has 44 heavy (non-hydrogen) atoms. The molecule has 0 unspecified atom stereocenters. The second-order valence-corrected chi connectivity index (χ2v) is 10.2. The zero-order valence-electron chi connectivity index (χ0n) is 23.0. The van der Waals surface area contributed by atoms with Gasteiger partial charge in [-0.15, -0.1) is 5.10 Å². The van der Waals surface area contributed by atoms with E-state index in [4.69, 9.17) is 4.42 Å². The molecule has 1 fully saturated rings. The summed E-state index contributed by atoms with van der Waals surface area (Å²) in [5.41, 5.74) is -3.02. The highest BCUT2D eigenvalue weighted by Crippen LogP contribution is 2.33. The summed E-state index contributed by atoms with van der Waals surface area (Å²) in [5.74, 6) is -2.40. The lowest BCUT2D eigenvalue weighted by Crippen LogP contribution is -2.51. The van der Waals surface area contributed by atoms with Crippen LogP contribution >= 0.6 is 0 Å². The van der Waals surface area contributed by atoms with E-state index in [9.17, 15) is 40.3 Å². The maximum Gasteiger partial charge on any atom is 0.449 e. The van der Waals surface area contributed by atoms with E-state index in [1.54, 1.807) is 40.1 Å². The number of furan rings is 1. The van der Waals surface area contributed by atoms with Gasteiger partial charge in [-0.2, -0.15) is 26.3 Å². The summed E-state index contributed by atoms with van der Waals surface area (Å²) in [6.07, 6.45) is -9.27. The molecule has 3 heterocycles. The zero-order chi connectivity index (χ0) is 31.6. The normalized spacial score (nSPS) is 14.8. The maximum atomic E-state index is 14.7. The highest BCUT2D eigenvalue weighted by Gasteiger charge is 2.36. The minimum absolute atomic E-state index is 0.0751. The van der Waals surface area contributed by atoms with E-state index < -0.39 is 52.9 Å². The smallest absolute Gasteiger partial charge is 0.449 e. The van der Waals surface area contributed by atoms with Crippen LogP contribution in [0.1, 0.15) is 28.2 Å². The number of piperazine rings is 1. The van der Waals surface area contributed by atoms with Crippen molar-refractivity contribution in [2.75, 3.05) is 31.1 Å². The van der Waals surface area contributed by atoms with Gasteiger partial charge in [-0.25, -0.2) is 13.9 Å². The fourth-order valence-corrected chi connectivity index (χ4v) is 5.02. The van der Waals surface area contributed by atoms with Crippen LogP contribution in [-0.4, -0.2) is 45.4 Å². The third-order valence-corrected chi connectivity index (χ3v) is 7.29. The van der Waals surface area contributed by atoms with Gasteiger partial charge in [0.1, 0.15) is 11.6 Å². The Morgan fingerprint density at radius 3 is 2.14 bits per heavy atom. The van der Waals surface area contributed by atoms with Crippen LogP contribution in [0.3, 0.4) is 0 Å². The Bertz CT molecular complexity index is 1720. The van der Waals surface area contributed by atoms with Crippen molar-refractivity contribution in [2.24, 2.45) is 0 Å². The molecule has 2 aromatic heterocycles. The minimum Gasteiger partial charge on any atom is -0.455 e. The molecule has 0 spiro atoms. The lowest BCUT2D eigenvalue weighted by Gasteiger charge is -2.34. The van der Waals surface area contributed by atoms with E-state index in [-0.39, 0.29) is 57.3 Å². The molecule has 8 nitrogen and oxygen atoms in total. The molecule has 0 amide bonds. The van der Waals surface area contributed by atoms with Crippen molar-refractivity contribution in [1.29, 1.82) is 0 Å². The van der Waals surface area contributed by atoms with Gasteiger partial charge in [0.25, 0.3) is 5.56 Å². The number of anilines is 1. The predicted molar refractivity (Wildman–Crippen MR) is 145 cm³/mol. The molecule has 0 atom stereocenters. The van der Waals surface area contributed by atoms with Gasteiger partial charge in [-0.3, -0.25) is 14.3 Å². The van der Waals surface area contributed by atoms with Crippen molar-refractivity contribution < 1.29 is 35.2 Å². The summed E-state index contributed by atoms with van der Waals surface area (Å²) in [6.45, 7) is -0.0279. The van der Waals surface area contributed by atoms with Crippen LogP contribution in [-0.2, 0) is 38.4 Å². The zero-order valence-corrected chi connectivity index (χ0v) is 23.0. The first-order valence-electron chi connectivity index (χ1n) is 13.5. The van der Waals surface area contributed by atoms with Crippen LogP contribution in [0.2, 0.25) is 0 Å². The topological polar surface area (TPSA) is 76.5 Å². The molecule has 0 saturated carbocycles. The molecule has 0 aliphatic carbocycles. The summed E-state index contributed by atoms with van der Waals surface area (Å²) >= 11 is 0. The summed E-state index contributed by atoms with van der Waals surface area (Å²) < 4.78 is 101. The standard InChI is InChI=1S/C29H26F7N5O3/c30-23-8-4-7-22(28(31,32)33)21(23)18-41-27(43)40(12-11-19-5-2-1-3-6-19)26(42)25(37-41)39-15-13-38(14-16-39)17-20-9-10-24(44-20)29(34,35)36/h1-10H,11-18H2. The average molecular weight is 626 g/mol. The number of hydrogen-bond acceptors (Lipinski definition) is 6. The van der Waals surface area contributed by atoms with Gasteiger partial charge in [0.15, 0.2) is 0 Å². The highest BCUT2D eigenvalue weighted by molar-refractivity contribution is 5.36. The largest absolute Gasteiger partial charge is 0.455 e. The lowest BCUT2D eigenvalue weighted by molar-refractivity contribution is -0.153. The summed E-state index contributed by atoms with van der Waals surface area (Å²) in [4.78, 5) is 30.3. The van der Waals surface area contributed by atoms with Gasteiger partial charge in [0.05, 0.1) is 18.7 Å². The van der Waals surface area contributed by atoms with Gasteiger partial charge in [0, 0.05) is 38.3 Å². The third-order valence-electron chi connectivity index (χ3n) is 7.29. The van der Waals surface area contributed by atoms with Crippen molar-refractivity contribution in [1.82, 2.24) is 19.2 Å². The number of rotatable bonds is 8. The lowest BCUT2D eigenvalue weighted by atomic mass is 10.1. The van der Waals surface area contributed by atoms with Gasteiger partial charge in [-0.05, 0) is 36.2 Å². The molecular weight excluding hydrogens is 599 g/mol. The van der Waals surface area contributed by atoms with Gasteiger partial charge in [-0.1, -0.05) is 36.4 Å². The third kappa shape index (κ3) is 6.87. The molecule has 234 valence electrons. The molecule has 2 aromatic carbocycles. The van der Waals surface area contributed by atoms with E-state index in [2.05, 4.69) is 5.10 Å². The molecule has 1 aliphatic rings. The fourth-order valence-electron chi connectivity index (χ4n) is 5.02. The molecule has 4 aromatic rings. The number of aryl methyl sites for hydroxylation is 1. The molecule has 15 heteroatoms. The first-order chi connectivity index (χ1) is 20.8. The Kier molecular flexibility index (Phi) is 8.68. The number of halogens is 7. The first-order valence-corrected chi connectivity index (χ1v) is 13.5. The summed E-state index contributed by atoms with van der Waals surface area (Å²) in [6, 6.07) is 13.5. The highest BCUT2D eigenvalue weighted by atomic mass is 19.4. The van der Waals surface area contributed by atoms with Gasteiger partial charge >= 0.3 is 18.0 Å². The SMILES string of the molecule is O=c1c(N2CCN(Cc3ccc(C(F)(F)F)o3)CC2)nn(Cc2c(F)cccc2C(F)(F)F)c(=O)n1CCc1ccccc1. The van der Waals surface area contributed by atoms with E-state index in [0.29, 0.717) is 10.7 Å². The quantitative estimate of drug-likeness (QED) is 0.263. The van der Waals surface area contributed by atoms with Crippen molar-refractivity contribution in [3.8, 4) is 0 Å². The van der Waals surface area contributed by atoms with E-state index in [1.807, 2.05) is 0 Å². The Hall–Kier alpha value is -4.40. The van der Waals surface area contributed by atoms with Crippen LogP contribution in [0.4, 0.5) is 36.6 Å². The number of aromatic nitrogens is 3. The van der Waals surface area contributed by atoms with Crippen molar-refractivity contribution >= 4 is 5.82 Å². The number of nitrogens with zero attached hydrogens (tertiary/aromatic N) is 5. The van der Waals surface area contributed by atoms with Crippen LogP contribution in [0.25, 0.3) is 0 Å². The second-order valence-electron chi connectivity index (χ2n) is 10.2. The Morgan fingerprint density at radius 2 is 1.50 bits per heavy atom. The monoisotopic (exact) mass is 625 g/mol. The Labute approximate surface area is 245 Å². The van der Waals surface area contributed by atoms with E-state index in [1.165, 1.54) is 6.07 Å². The van der Waals surface area contributed by atoms with Crippen molar-refractivity contribution in [3.63, 3.8) is 0 Å². The predicted octanol–water partition coefficient (Wildman–Crippen LogP) is 4.79. The first kappa shape index (κ1) is 31.0. The van der Waals surface area contributed by atoms with E-state index >= 15 is 0 Å². The Balaban J connectivity index is 1.44. The van der Waals surface area contributed by atoms with Crippen molar-refractivity contribution in [2.45, 2.75) is 38.4 Å². The maximum absolute atomic E-state index is 14.7. The van der Waals surface area contributed by atoms with Crippen molar-refractivity contribution in [3.05, 3.63) is 116 Å². The molecule has 1 saturated heterocycles. The second kappa shape index (κ2) is 12.3. The molecule has 0 N–H and O–H groups in total. The van der Waals surface area contributed by atoms with Gasteiger partial charge < -0.3 is 9.32 Å². The molecule has 0 radical (unpaired) electrons. The molecule has 5 rings (SSSR count).